The van der Waals surface area contributed by atoms with Gasteiger partial charge in [-0.05, 0) is 42.8 Å². The lowest BCUT2D eigenvalue weighted by Crippen LogP contribution is -2.08. The predicted molar refractivity (Wildman–Crippen MR) is 80.3 cm³/mol. The normalized spacial score (nSPS) is 10.3. The van der Waals surface area contributed by atoms with Crippen LogP contribution < -0.4 is 4.74 Å². The third kappa shape index (κ3) is 3.50. The minimum absolute atomic E-state index is 0.285. The molecule has 0 atom stereocenters. The van der Waals surface area contributed by atoms with Gasteiger partial charge in [0.2, 0.25) is 0 Å². The fourth-order valence-electron chi connectivity index (χ4n) is 1.44. The Morgan fingerprint density at radius 1 is 1.16 bits per heavy atom. The van der Waals surface area contributed by atoms with Crippen LogP contribution >= 0.6 is 39.1 Å². The van der Waals surface area contributed by atoms with Gasteiger partial charge in [0.25, 0.3) is 0 Å². The van der Waals surface area contributed by atoms with Crippen molar-refractivity contribution in [1.29, 1.82) is 0 Å². The van der Waals surface area contributed by atoms with Gasteiger partial charge in [-0.1, -0.05) is 45.2 Å². The van der Waals surface area contributed by atoms with Gasteiger partial charge < -0.3 is 4.74 Å². The van der Waals surface area contributed by atoms with Gasteiger partial charge in [0.05, 0.1) is 10.6 Å². The van der Waals surface area contributed by atoms with E-state index in [1.54, 1.807) is 24.3 Å². The minimum atomic E-state index is -0.468. The van der Waals surface area contributed by atoms with Gasteiger partial charge >= 0.3 is 5.97 Å². The number of benzene rings is 2. The van der Waals surface area contributed by atoms with Gasteiger partial charge in [-0.25, -0.2) is 4.79 Å². The van der Waals surface area contributed by atoms with E-state index >= 15 is 0 Å². The van der Waals surface area contributed by atoms with Crippen molar-refractivity contribution < 1.29 is 9.53 Å². The number of hydrogen-bond donors (Lipinski definition) is 0. The number of hydrogen-bond acceptors (Lipinski definition) is 2. The van der Waals surface area contributed by atoms with Crippen LogP contribution in [0.2, 0.25) is 10.0 Å². The Balaban J connectivity index is 2.23. The molecule has 2 rings (SSSR count). The summed E-state index contributed by atoms with van der Waals surface area (Å²) in [4.78, 5) is 12.0. The first-order chi connectivity index (χ1) is 8.97. The standard InChI is InChI=1S/C14H9BrCl2O2/c1-8-2-3-9(6-11(8)15)14(18)19-13-5-4-10(16)7-12(13)17/h2-7H,1H3. The number of halogens is 3. The monoisotopic (exact) mass is 358 g/mol. The number of ether oxygens (including phenoxy) is 1. The van der Waals surface area contributed by atoms with E-state index in [1.807, 2.05) is 13.0 Å². The number of rotatable bonds is 2. The maximum absolute atomic E-state index is 12.0. The molecule has 0 N–H and O–H groups in total. The molecule has 0 unspecified atom stereocenters. The Hall–Kier alpha value is -1.03. The summed E-state index contributed by atoms with van der Waals surface area (Å²) in [6, 6.07) is 9.95. The molecule has 0 spiro atoms. The van der Waals surface area contributed by atoms with Crippen LogP contribution in [-0.4, -0.2) is 5.97 Å². The van der Waals surface area contributed by atoms with Gasteiger partial charge in [0.15, 0.2) is 0 Å². The molecule has 0 fully saturated rings. The second-order valence-electron chi connectivity index (χ2n) is 3.93. The van der Waals surface area contributed by atoms with Crippen LogP contribution in [0.3, 0.4) is 0 Å². The van der Waals surface area contributed by atoms with Crippen molar-refractivity contribution in [2.24, 2.45) is 0 Å². The third-order valence-electron chi connectivity index (χ3n) is 2.50. The predicted octanol–water partition coefficient (Wildman–Crippen LogP) is 5.28. The van der Waals surface area contributed by atoms with Crippen LogP contribution in [0.1, 0.15) is 15.9 Å². The molecule has 98 valence electrons. The maximum atomic E-state index is 12.0. The second-order valence-corrected chi connectivity index (χ2v) is 5.63. The molecule has 0 aliphatic carbocycles. The highest BCUT2D eigenvalue weighted by molar-refractivity contribution is 9.10. The zero-order valence-corrected chi connectivity index (χ0v) is 13.0. The molecule has 5 heteroatoms. The van der Waals surface area contributed by atoms with Gasteiger partial charge in [0, 0.05) is 9.50 Å². The van der Waals surface area contributed by atoms with Crippen LogP contribution in [0.15, 0.2) is 40.9 Å². The quantitative estimate of drug-likeness (QED) is 0.538. The first-order valence-corrected chi connectivity index (χ1v) is 6.95. The molecule has 0 bridgehead atoms. The average Bonchev–Trinajstić information content (AvgIpc) is 2.36. The van der Waals surface area contributed by atoms with E-state index in [9.17, 15) is 4.79 Å². The van der Waals surface area contributed by atoms with E-state index in [0.717, 1.165) is 10.0 Å². The lowest BCUT2D eigenvalue weighted by atomic mass is 10.1. The molecule has 0 saturated heterocycles. The molecule has 0 amide bonds. The molecule has 2 aromatic rings. The SMILES string of the molecule is Cc1ccc(C(=O)Oc2ccc(Cl)cc2Cl)cc1Br. The Morgan fingerprint density at radius 2 is 1.89 bits per heavy atom. The summed E-state index contributed by atoms with van der Waals surface area (Å²) in [5.41, 5.74) is 1.49. The topological polar surface area (TPSA) is 26.3 Å². The number of carbonyl (C=O) groups excluding carboxylic acids is 1. The van der Waals surface area contributed by atoms with Crippen molar-refractivity contribution in [2.45, 2.75) is 6.92 Å². The largest absolute Gasteiger partial charge is 0.421 e. The van der Waals surface area contributed by atoms with Crippen molar-refractivity contribution in [2.75, 3.05) is 0 Å². The van der Waals surface area contributed by atoms with Crippen LogP contribution in [0.4, 0.5) is 0 Å². The molecule has 0 aliphatic rings. The number of carbonyl (C=O) groups is 1. The average molecular weight is 360 g/mol. The molecule has 0 aliphatic heterocycles. The first kappa shape index (κ1) is 14.4. The molecular formula is C14H9BrCl2O2. The summed E-state index contributed by atoms with van der Waals surface area (Å²) in [6.45, 7) is 1.94. The lowest BCUT2D eigenvalue weighted by molar-refractivity contribution is 0.0735. The maximum Gasteiger partial charge on any atom is 0.343 e. The first-order valence-electron chi connectivity index (χ1n) is 5.41. The van der Waals surface area contributed by atoms with Gasteiger partial charge in [-0.3, -0.25) is 0 Å². The van der Waals surface area contributed by atoms with E-state index in [-0.39, 0.29) is 5.75 Å². The van der Waals surface area contributed by atoms with Gasteiger partial charge in [0.1, 0.15) is 5.75 Å². The Kier molecular flexibility index (Phi) is 4.50. The summed E-state index contributed by atoms with van der Waals surface area (Å²) >= 11 is 15.1. The van der Waals surface area contributed by atoms with Crippen molar-refractivity contribution in [3.05, 3.63) is 62.0 Å². The zero-order valence-electron chi connectivity index (χ0n) is 9.91. The molecule has 0 heterocycles. The smallest absolute Gasteiger partial charge is 0.343 e. The highest BCUT2D eigenvalue weighted by Gasteiger charge is 2.12. The Morgan fingerprint density at radius 3 is 2.53 bits per heavy atom. The summed E-state index contributed by atoms with van der Waals surface area (Å²) in [6.07, 6.45) is 0. The molecule has 0 aromatic heterocycles. The highest BCUT2D eigenvalue weighted by atomic mass is 79.9. The molecule has 19 heavy (non-hydrogen) atoms. The fourth-order valence-corrected chi connectivity index (χ4v) is 2.26. The van der Waals surface area contributed by atoms with Crippen LogP contribution in [0, 0.1) is 6.92 Å². The molecule has 0 saturated carbocycles. The van der Waals surface area contributed by atoms with Crippen LogP contribution in [-0.2, 0) is 0 Å². The molecule has 2 aromatic carbocycles. The van der Waals surface area contributed by atoms with Crippen molar-refractivity contribution in [1.82, 2.24) is 0 Å². The Bertz CT molecular complexity index is 641. The van der Waals surface area contributed by atoms with Crippen LogP contribution in [0.25, 0.3) is 0 Å². The second kappa shape index (κ2) is 5.95. The van der Waals surface area contributed by atoms with Crippen molar-refractivity contribution in [3.8, 4) is 5.75 Å². The van der Waals surface area contributed by atoms with E-state index < -0.39 is 5.97 Å². The molecular weight excluding hydrogens is 351 g/mol. The van der Waals surface area contributed by atoms with E-state index in [4.69, 9.17) is 27.9 Å². The molecule has 2 nitrogen and oxygen atoms in total. The molecule has 0 radical (unpaired) electrons. The summed E-state index contributed by atoms with van der Waals surface area (Å²) in [5, 5.41) is 0.787. The van der Waals surface area contributed by atoms with E-state index in [1.165, 1.54) is 6.07 Å². The van der Waals surface area contributed by atoms with Gasteiger partial charge in [-0.2, -0.15) is 0 Å². The number of esters is 1. The third-order valence-corrected chi connectivity index (χ3v) is 3.89. The summed E-state index contributed by atoms with van der Waals surface area (Å²) < 4.78 is 6.08. The number of aryl methyl sites for hydroxylation is 1. The van der Waals surface area contributed by atoms with Crippen molar-refractivity contribution in [3.63, 3.8) is 0 Å². The Labute approximate surface area is 129 Å². The van der Waals surface area contributed by atoms with E-state index in [2.05, 4.69) is 15.9 Å². The zero-order chi connectivity index (χ0) is 14.0. The van der Waals surface area contributed by atoms with Crippen LogP contribution in [0.5, 0.6) is 5.75 Å². The summed E-state index contributed by atoms with van der Waals surface area (Å²) in [7, 11) is 0. The van der Waals surface area contributed by atoms with E-state index in [0.29, 0.717) is 15.6 Å². The van der Waals surface area contributed by atoms with Crippen molar-refractivity contribution >= 4 is 45.1 Å². The highest BCUT2D eigenvalue weighted by Crippen LogP contribution is 2.28. The summed E-state index contributed by atoms with van der Waals surface area (Å²) in [5.74, 6) is -0.183. The lowest BCUT2D eigenvalue weighted by Gasteiger charge is -2.07. The fraction of sp³-hybridized carbons (Fsp3) is 0.0714. The van der Waals surface area contributed by atoms with Gasteiger partial charge in [-0.15, -0.1) is 0 Å². The minimum Gasteiger partial charge on any atom is -0.421 e.